The molecule has 0 saturated carbocycles. The van der Waals surface area contributed by atoms with E-state index in [0.717, 1.165) is 27.1 Å². The van der Waals surface area contributed by atoms with E-state index >= 15 is 0 Å². The van der Waals surface area contributed by atoms with Gasteiger partial charge in [-0.05, 0) is 61.2 Å². The summed E-state index contributed by atoms with van der Waals surface area (Å²) < 4.78 is 0.940. The van der Waals surface area contributed by atoms with E-state index in [1.54, 1.807) is 24.3 Å². The number of primary amides is 1. The minimum absolute atomic E-state index is 0.0561. The molecule has 0 aliphatic rings. The van der Waals surface area contributed by atoms with Crippen LogP contribution >= 0.6 is 0 Å². The standard InChI is InChI=1S/C23H22N8O2/c1-14-10-17(4-3-9-24)11-15(2)20(14)28-23-29-21(22(33)31(30-23)13-19(26)32)27-18-7-5-16(12-25)6-8-18/h5-8,10-11H,3-4,13H2,1-2H3,(H2,26,32)(H2,27,28,29,30). The molecular weight excluding hydrogens is 420 g/mol. The summed E-state index contributed by atoms with van der Waals surface area (Å²) in [5.74, 6) is -0.678. The van der Waals surface area contributed by atoms with Gasteiger partial charge in [-0.3, -0.25) is 9.59 Å². The zero-order chi connectivity index (χ0) is 24.0. The molecular formula is C23H22N8O2. The number of nitrogens with one attached hydrogen (secondary N) is 2. The number of carbonyl (C=O) groups is 1. The molecule has 33 heavy (non-hydrogen) atoms. The summed E-state index contributed by atoms with van der Waals surface area (Å²) in [5, 5.41) is 28.0. The van der Waals surface area contributed by atoms with Crippen molar-refractivity contribution in [3.8, 4) is 12.1 Å². The minimum atomic E-state index is -0.722. The first-order chi connectivity index (χ1) is 15.8. The Labute approximate surface area is 190 Å². The molecule has 4 N–H and O–H groups in total. The molecule has 0 bridgehead atoms. The van der Waals surface area contributed by atoms with Crippen LogP contribution in [0.15, 0.2) is 41.2 Å². The third-order valence-electron chi connectivity index (χ3n) is 4.81. The Morgan fingerprint density at radius 2 is 1.79 bits per heavy atom. The molecule has 2 aromatic carbocycles. The van der Waals surface area contributed by atoms with Gasteiger partial charge in [0.05, 0.1) is 17.7 Å². The van der Waals surface area contributed by atoms with Crippen molar-refractivity contribution >= 4 is 29.0 Å². The zero-order valence-electron chi connectivity index (χ0n) is 18.2. The maximum absolute atomic E-state index is 12.8. The number of hydrogen-bond donors (Lipinski definition) is 3. The molecule has 3 rings (SSSR count). The van der Waals surface area contributed by atoms with Crippen LogP contribution in [0.2, 0.25) is 0 Å². The number of benzene rings is 2. The van der Waals surface area contributed by atoms with Crippen LogP contribution in [0.5, 0.6) is 0 Å². The second-order valence-electron chi connectivity index (χ2n) is 7.42. The molecule has 0 aliphatic carbocycles. The van der Waals surface area contributed by atoms with E-state index in [2.05, 4.69) is 26.8 Å². The topological polar surface area (TPSA) is 163 Å². The number of rotatable bonds is 8. The van der Waals surface area contributed by atoms with Gasteiger partial charge in [-0.2, -0.15) is 15.5 Å². The largest absolute Gasteiger partial charge is 0.368 e. The molecule has 1 amide bonds. The summed E-state index contributed by atoms with van der Waals surface area (Å²) in [7, 11) is 0. The average molecular weight is 442 g/mol. The second kappa shape index (κ2) is 10.1. The Balaban J connectivity index is 1.98. The molecule has 0 saturated heterocycles. The fraction of sp³-hybridized carbons (Fsp3) is 0.217. The summed E-state index contributed by atoms with van der Waals surface area (Å²) in [4.78, 5) is 28.5. The van der Waals surface area contributed by atoms with Gasteiger partial charge in [-0.1, -0.05) is 12.1 Å². The fourth-order valence-corrected chi connectivity index (χ4v) is 3.32. The van der Waals surface area contributed by atoms with Crippen LogP contribution < -0.4 is 21.9 Å². The lowest BCUT2D eigenvalue weighted by atomic mass is 10.0. The molecule has 3 aromatic rings. The number of nitrogens with zero attached hydrogens (tertiary/aromatic N) is 5. The molecule has 166 valence electrons. The Hall–Kier alpha value is -4.70. The van der Waals surface area contributed by atoms with E-state index in [4.69, 9.17) is 16.3 Å². The van der Waals surface area contributed by atoms with Crippen molar-refractivity contribution in [3.05, 3.63) is 69.0 Å². The van der Waals surface area contributed by atoms with Crippen molar-refractivity contribution in [2.24, 2.45) is 5.73 Å². The highest BCUT2D eigenvalue weighted by atomic mass is 16.2. The molecule has 0 unspecified atom stereocenters. The maximum atomic E-state index is 12.8. The molecule has 0 radical (unpaired) electrons. The van der Waals surface area contributed by atoms with Crippen LogP contribution in [0, 0.1) is 36.5 Å². The van der Waals surface area contributed by atoms with Gasteiger partial charge in [0.2, 0.25) is 17.7 Å². The lowest BCUT2D eigenvalue weighted by Crippen LogP contribution is -2.32. The van der Waals surface area contributed by atoms with Gasteiger partial charge in [-0.15, -0.1) is 5.10 Å². The second-order valence-corrected chi connectivity index (χ2v) is 7.42. The molecule has 0 spiro atoms. The highest BCUT2D eigenvalue weighted by molar-refractivity contribution is 5.73. The normalized spacial score (nSPS) is 10.2. The molecule has 1 heterocycles. The van der Waals surface area contributed by atoms with Crippen LogP contribution in [-0.4, -0.2) is 20.7 Å². The van der Waals surface area contributed by atoms with Crippen LogP contribution in [0.4, 0.5) is 23.1 Å². The summed E-state index contributed by atoms with van der Waals surface area (Å²) >= 11 is 0. The van der Waals surface area contributed by atoms with E-state index in [0.29, 0.717) is 24.1 Å². The number of anilines is 4. The van der Waals surface area contributed by atoms with Crippen LogP contribution in [0.3, 0.4) is 0 Å². The molecule has 0 atom stereocenters. The lowest BCUT2D eigenvalue weighted by molar-refractivity contribution is -0.118. The first-order valence-corrected chi connectivity index (χ1v) is 10.1. The van der Waals surface area contributed by atoms with Gasteiger partial charge >= 0.3 is 5.56 Å². The summed E-state index contributed by atoms with van der Waals surface area (Å²) in [6.45, 7) is 3.42. The minimum Gasteiger partial charge on any atom is -0.368 e. The van der Waals surface area contributed by atoms with Gasteiger partial charge in [-0.25, -0.2) is 4.68 Å². The molecule has 10 heteroatoms. The number of nitriles is 2. The average Bonchev–Trinajstić information content (AvgIpc) is 2.78. The highest BCUT2D eigenvalue weighted by Gasteiger charge is 2.15. The molecule has 0 fully saturated rings. The number of aromatic nitrogens is 3. The molecule has 0 aliphatic heterocycles. The van der Waals surface area contributed by atoms with Gasteiger partial charge in [0.15, 0.2) is 0 Å². The van der Waals surface area contributed by atoms with Crippen molar-refractivity contribution in [1.82, 2.24) is 14.8 Å². The van der Waals surface area contributed by atoms with Crippen molar-refractivity contribution < 1.29 is 4.79 Å². The summed E-state index contributed by atoms with van der Waals surface area (Å²) in [5.41, 5.74) is 9.30. The third-order valence-corrected chi connectivity index (χ3v) is 4.81. The maximum Gasteiger partial charge on any atom is 0.310 e. The monoisotopic (exact) mass is 442 g/mol. The van der Waals surface area contributed by atoms with Gasteiger partial charge < -0.3 is 16.4 Å². The predicted octanol–water partition coefficient (Wildman–Crippen LogP) is 2.56. The van der Waals surface area contributed by atoms with Gasteiger partial charge in [0.25, 0.3) is 0 Å². The number of amides is 1. The quantitative estimate of drug-likeness (QED) is 0.479. The van der Waals surface area contributed by atoms with Gasteiger partial charge in [0.1, 0.15) is 6.54 Å². The Bertz CT molecular complexity index is 1310. The van der Waals surface area contributed by atoms with E-state index in [-0.39, 0.29) is 11.8 Å². The lowest BCUT2D eigenvalue weighted by Gasteiger charge is -2.15. The van der Waals surface area contributed by atoms with Crippen molar-refractivity contribution in [1.29, 1.82) is 10.5 Å². The van der Waals surface area contributed by atoms with Crippen LogP contribution in [0.25, 0.3) is 0 Å². The predicted molar refractivity (Wildman–Crippen MR) is 123 cm³/mol. The Kier molecular flexibility index (Phi) is 7.01. The SMILES string of the molecule is Cc1cc(CCC#N)cc(C)c1Nc1nc(Nc2ccc(C#N)cc2)c(=O)n(CC(N)=O)n1. The fourth-order valence-electron chi connectivity index (χ4n) is 3.32. The number of carbonyl (C=O) groups excluding carboxylic acids is 1. The van der Waals surface area contributed by atoms with Gasteiger partial charge in [0, 0.05) is 17.8 Å². The van der Waals surface area contributed by atoms with Crippen molar-refractivity contribution in [2.45, 2.75) is 33.2 Å². The first kappa shape index (κ1) is 23.0. The number of nitrogens with two attached hydrogens (primary N) is 1. The van der Waals surface area contributed by atoms with Crippen molar-refractivity contribution in [2.75, 3.05) is 10.6 Å². The first-order valence-electron chi connectivity index (χ1n) is 10.1. The van der Waals surface area contributed by atoms with Crippen LogP contribution in [-0.2, 0) is 17.8 Å². The molecule has 1 aromatic heterocycles. The van der Waals surface area contributed by atoms with Crippen molar-refractivity contribution in [3.63, 3.8) is 0 Å². The van der Waals surface area contributed by atoms with Crippen LogP contribution in [0.1, 0.15) is 28.7 Å². The Morgan fingerprint density at radius 1 is 1.12 bits per heavy atom. The summed E-state index contributed by atoms with van der Waals surface area (Å²) in [6.07, 6.45) is 1.08. The highest BCUT2D eigenvalue weighted by Crippen LogP contribution is 2.25. The van der Waals surface area contributed by atoms with E-state index in [9.17, 15) is 9.59 Å². The Morgan fingerprint density at radius 3 is 2.36 bits per heavy atom. The van der Waals surface area contributed by atoms with E-state index < -0.39 is 18.0 Å². The molecule has 10 nitrogen and oxygen atoms in total. The smallest absolute Gasteiger partial charge is 0.310 e. The number of aryl methyl sites for hydroxylation is 3. The van der Waals surface area contributed by atoms with E-state index in [1.165, 1.54) is 0 Å². The number of hydrogen-bond acceptors (Lipinski definition) is 8. The summed E-state index contributed by atoms with van der Waals surface area (Å²) in [6, 6.07) is 14.6. The zero-order valence-corrected chi connectivity index (χ0v) is 18.2. The van der Waals surface area contributed by atoms with E-state index in [1.807, 2.05) is 32.0 Å². The third kappa shape index (κ3) is 5.71.